The summed E-state index contributed by atoms with van der Waals surface area (Å²) in [5.74, 6) is 0.228. The molecule has 2 nitrogen and oxygen atoms in total. The molecule has 1 saturated heterocycles. The fourth-order valence-corrected chi connectivity index (χ4v) is 1.39. The lowest BCUT2D eigenvalue weighted by atomic mass is 10.3. The summed E-state index contributed by atoms with van der Waals surface area (Å²) in [5.41, 5.74) is 0. The third kappa shape index (κ3) is 1.84. The zero-order valence-corrected chi connectivity index (χ0v) is 8.38. The summed E-state index contributed by atoms with van der Waals surface area (Å²) in [5, 5.41) is 0. The second-order valence-corrected chi connectivity index (χ2v) is 3.62. The van der Waals surface area contributed by atoms with E-state index in [0.717, 1.165) is 0 Å². The van der Waals surface area contributed by atoms with Crippen LogP contribution in [0.25, 0.3) is 0 Å². The van der Waals surface area contributed by atoms with Crippen molar-refractivity contribution in [2.45, 2.75) is 6.10 Å². The molecule has 1 heterocycles. The maximum absolute atomic E-state index is 13.0. The van der Waals surface area contributed by atoms with E-state index >= 15 is 0 Å². The Bertz CT molecular complexity index is 312. The number of benzene rings is 1. The molecule has 0 unspecified atom stereocenters. The summed E-state index contributed by atoms with van der Waals surface area (Å²) < 4.78 is 23.8. The maximum atomic E-state index is 13.0. The molecule has 0 bridgehead atoms. The first kappa shape index (κ1) is 8.97. The molecule has 0 radical (unpaired) electrons. The zero-order valence-electron chi connectivity index (χ0n) is 6.80. The summed E-state index contributed by atoms with van der Waals surface area (Å²) in [6, 6.07) is 4.73. The highest BCUT2D eigenvalue weighted by molar-refractivity contribution is 9.10. The van der Waals surface area contributed by atoms with Crippen LogP contribution in [0, 0.1) is 5.82 Å². The third-order valence-corrected chi connectivity index (χ3v) is 2.59. The van der Waals surface area contributed by atoms with Crippen molar-refractivity contribution in [2.75, 3.05) is 13.2 Å². The molecule has 1 aromatic rings. The van der Waals surface area contributed by atoms with Gasteiger partial charge in [-0.05, 0) is 28.1 Å². The van der Waals surface area contributed by atoms with Crippen LogP contribution < -0.4 is 4.74 Å². The smallest absolute Gasteiger partial charge is 0.145 e. The van der Waals surface area contributed by atoms with Gasteiger partial charge < -0.3 is 9.47 Å². The van der Waals surface area contributed by atoms with E-state index in [1.807, 2.05) is 0 Å². The van der Waals surface area contributed by atoms with Crippen LogP contribution in [0.15, 0.2) is 22.7 Å². The normalized spacial score (nSPS) is 16.8. The van der Waals surface area contributed by atoms with E-state index in [9.17, 15) is 4.39 Å². The molecule has 0 atom stereocenters. The van der Waals surface area contributed by atoms with Crippen molar-refractivity contribution in [1.29, 1.82) is 0 Å². The number of hydrogen-bond donors (Lipinski definition) is 0. The predicted molar refractivity (Wildman–Crippen MR) is 49.3 cm³/mol. The first-order chi connectivity index (χ1) is 6.27. The molecule has 0 spiro atoms. The molecule has 1 aliphatic heterocycles. The highest BCUT2D eigenvalue weighted by atomic mass is 79.9. The number of ether oxygens (including phenoxy) is 2. The van der Waals surface area contributed by atoms with Crippen LogP contribution in [0.5, 0.6) is 5.75 Å². The van der Waals surface area contributed by atoms with E-state index in [4.69, 9.17) is 9.47 Å². The van der Waals surface area contributed by atoms with Crippen LogP contribution in [0.4, 0.5) is 4.39 Å². The largest absolute Gasteiger partial charge is 0.484 e. The molecule has 4 heteroatoms. The fraction of sp³-hybridized carbons (Fsp3) is 0.333. The summed E-state index contributed by atoms with van der Waals surface area (Å²) in [7, 11) is 0. The molecule has 70 valence electrons. The molecule has 0 saturated carbocycles. The lowest BCUT2D eigenvalue weighted by Crippen LogP contribution is -2.38. The Hall–Kier alpha value is -0.610. The minimum Gasteiger partial charge on any atom is -0.484 e. The average molecular weight is 247 g/mol. The van der Waals surface area contributed by atoms with Gasteiger partial charge in [-0.2, -0.15) is 0 Å². The first-order valence-corrected chi connectivity index (χ1v) is 4.75. The van der Waals surface area contributed by atoms with Gasteiger partial charge in [-0.1, -0.05) is 6.07 Å². The highest BCUT2D eigenvalue weighted by Crippen LogP contribution is 2.28. The maximum Gasteiger partial charge on any atom is 0.145 e. The minimum atomic E-state index is -0.308. The summed E-state index contributed by atoms with van der Waals surface area (Å²) in [6.45, 7) is 1.17. The van der Waals surface area contributed by atoms with Crippen molar-refractivity contribution >= 4 is 15.9 Å². The molecular formula is C9H8BrFO2. The molecular weight excluding hydrogens is 239 g/mol. The van der Waals surface area contributed by atoms with Gasteiger partial charge in [0.15, 0.2) is 0 Å². The number of halogens is 2. The molecule has 0 aromatic heterocycles. The van der Waals surface area contributed by atoms with Gasteiger partial charge in [0.2, 0.25) is 0 Å². The van der Waals surface area contributed by atoms with E-state index in [1.54, 1.807) is 12.1 Å². The Kier molecular flexibility index (Phi) is 2.51. The zero-order chi connectivity index (χ0) is 9.26. The third-order valence-electron chi connectivity index (χ3n) is 1.82. The van der Waals surface area contributed by atoms with Gasteiger partial charge in [0.1, 0.15) is 17.7 Å². The molecule has 0 N–H and O–H groups in total. The van der Waals surface area contributed by atoms with Gasteiger partial charge in [0, 0.05) is 0 Å². The van der Waals surface area contributed by atoms with Crippen molar-refractivity contribution in [2.24, 2.45) is 0 Å². The second kappa shape index (κ2) is 3.64. The van der Waals surface area contributed by atoms with Gasteiger partial charge >= 0.3 is 0 Å². The fourth-order valence-electron chi connectivity index (χ4n) is 1.04. The van der Waals surface area contributed by atoms with E-state index in [0.29, 0.717) is 23.4 Å². The van der Waals surface area contributed by atoms with Crippen molar-refractivity contribution in [1.82, 2.24) is 0 Å². The molecule has 0 aliphatic carbocycles. The highest BCUT2D eigenvalue weighted by Gasteiger charge is 2.21. The SMILES string of the molecule is Fc1cccc(OC2COC2)c1Br. The Balaban J connectivity index is 2.14. The molecule has 0 amide bonds. The standard InChI is InChI=1S/C9H8BrFO2/c10-9-7(11)2-1-3-8(9)13-6-4-12-5-6/h1-3,6H,4-5H2. The van der Waals surface area contributed by atoms with Gasteiger partial charge in [-0.3, -0.25) is 0 Å². The van der Waals surface area contributed by atoms with E-state index in [-0.39, 0.29) is 11.9 Å². The monoisotopic (exact) mass is 246 g/mol. The molecule has 13 heavy (non-hydrogen) atoms. The lowest BCUT2D eigenvalue weighted by molar-refractivity contribution is -0.0800. The van der Waals surface area contributed by atoms with Crippen molar-refractivity contribution in [3.8, 4) is 5.75 Å². The van der Waals surface area contributed by atoms with E-state index < -0.39 is 0 Å². The van der Waals surface area contributed by atoms with Crippen LogP contribution in [0.3, 0.4) is 0 Å². The van der Waals surface area contributed by atoms with Gasteiger partial charge in [0.25, 0.3) is 0 Å². The van der Waals surface area contributed by atoms with Gasteiger partial charge in [0.05, 0.1) is 17.7 Å². The van der Waals surface area contributed by atoms with E-state index in [2.05, 4.69) is 15.9 Å². The quantitative estimate of drug-likeness (QED) is 0.798. The Morgan fingerprint density at radius 2 is 2.23 bits per heavy atom. The van der Waals surface area contributed by atoms with Crippen molar-refractivity contribution in [3.63, 3.8) is 0 Å². The van der Waals surface area contributed by atoms with Crippen LogP contribution >= 0.6 is 15.9 Å². The molecule has 2 rings (SSSR count). The van der Waals surface area contributed by atoms with Gasteiger partial charge in [-0.15, -0.1) is 0 Å². The average Bonchev–Trinajstić information content (AvgIpc) is 2.04. The number of hydrogen-bond acceptors (Lipinski definition) is 2. The number of rotatable bonds is 2. The Labute approximate surface area is 83.8 Å². The Morgan fingerprint density at radius 3 is 2.85 bits per heavy atom. The van der Waals surface area contributed by atoms with Crippen LogP contribution in [0.2, 0.25) is 0 Å². The minimum absolute atomic E-state index is 0.0677. The van der Waals surface area contributed by atoms with Crippen LogP contribution in [-0.2, 0) is 4.74 Å². The molecule has 1 fully saturated rings. The van der Waals surface area contributed by atoms with E-state index in [1.165, 1.54) is 6.07 Å². The van der Waals surface area contributed by atoms with Crippen molar-refractivity contribution < 1.29 is 13.9 Å². The Morgan fingerprint density at radius 1 is 1.46 bits per heavy atom. The summed E-state index contributed by atoms with van der Waals surface area (Å²) >= 11 is 3.12. The van der Waals surface area contributed by atoms with Crippen LogP contribution in [-0.4, -0.2) is 19.3 Å². The molecule has 1 aromatic carbocycles. The van der Waals surface area contributed by atoms with Crippen LogP contribution in [0.1, 0.15) is 0 Å². The van der Waals surface area contributed by atoms with Crippen molar-refractivity contribution in [3.05, 3.63) is 28.5 Å². The summed E-state index contributed by atoms with van der Waals surface area (Å²) in [6.07, 6.45) is 0.0677. The second-order valence-electron chi connectivity index (χ2n) is 2.83. The molecule has 1 aliphatic rings. The first-order valence-electron chi connectivity index (χ1n) is 3.96. The van der Waals surface area contributed by atoms with Gasteiger partial charge in [-0.25, -0.2) is 4.39 Å². The summed E-state index contributed by atoms with van der Waals surface area (Å²) in [4.78, 5) is 0. The topological polar surface area (TPSA) is 18.5 Å². The predicted octanol–water partition coefficient (Wildman–Crippen LogP) is 2.37. The lowest BCUT2D eigenvalue weighted by Gasteiger charge is -2.27.